The fraction of sp³-hybridized carbons (Fsp3) is 0.800. The molecule has 116 valence electrons. The quantitative estimate of drug-likeness (QED) is 0.463. The maximum absolute atomic E-state index is 11.6. The van der Waals surface area contributed by atoms with Crippen molar-refractivity contribution < 1.29 is 27.9 Å². The van der Waals surface area contributed by atoms with E-state index in [-0.39, 0.29) is 25.5 Å². The van der Waals surface area contributed by atoms with Crippen molar-refractivity contribution in [2.75, 3.05) is 32.6 Å². The molecule has 2 amide bonds. The van der Waals surface area contributed by atoms with Gasteiger partial charge in [0.2, 0.25) is 10.0 Å². The lowest BCUT2D eigenvalue weighted by atomic mass is 9.85. The first-order valence-electron chi connectivity index (χ1n) is 5.98. The second kappa shape index (κ2) is 6.37. The number of sulfonamides is 1. The number of ether oxygens (including phenoxy) is 1. The van der Waals surface area contributed by atoms with Crippen LogP contribution in [0, 0.1) is 5.41 Å². The zero-order valence-corrected chi connectivity index (χ0v) is 12.1. The number of amides is 2. The molecule has 0 aromatic carbocycles. The molecule has 0 spiro atoms. The van der Waals surface area contributed by atoms with Crippen molar-refractivity contribution in [3.05, 3.63) is 0 Å². The Morgan fingerprint density at radius 2 is 2.10 bits per heavy atom. The van der Waals surface area contributed by atoms with E-state index in [0.29, 0.717) is 0 Å². The van der Waals surface area contributed by atoms with Gasteiger partial charge < -0.3 is 20.5 Å². The summed E-state index contributed by atoms with van der Waals surface area (Å²) in [4.78, 5) is 22.8. The number of hydrogen-bond acceptors (Lipinski definition) is 5. The van der Waals surface area contributed by atoms with Crippen molar-refractivity contribution in [1.82, 2.24) is 15.4 Å². The molecule has 2 unspecified atom stereocenters. The standard InChI is InChI=1S/C10H19N3O6S/c1-10(8(14)15)6-19-5-7(10)13-9(16)12-3-4-20(17,18)11-2/h7,11H,3-6H2,1-2H3,(H,14,15)(H2,12,13,16). The molecule has 0 saturated carbocycles. The van der Waals surface area contributed by atoms with Gasteiger partial charge >= 0.3 is 12.0 Å². The lowest BCUT2D eigenvalue weighted by Crippen LogP contribution is -2.52. The molecule has 1 rings (SSSR count). The third-order valence-corrected chi connectivity index (χ3v) is 4.58. The summed E-state index contributed by atoms with van der Waals surface area (Å²) in [6, 6.07) is -1.29. The fourth-order valence-corrected chi connectivity index (χ4v) is 2.27. The van der Waals surface area contributed by atoms with Crippen molar-refractivity contribution in [3.8, 4) is 0 Å². The molecule has 0 bridgehead atoms. The smallest absolute Gasteiger partial charge is 0.315 e. The largest absolute Gasteiger partial charge is 0.481 e. The van der Waals surface area contributed by atoms with Crippen LogP contribution in [0.3, 0.4) is 0 Å². The van der Waals surface area contributed by atoms with Gasteiger partial charge in [-0.3, -0.25) is 4.79 Å². The Labute approximate surface area is 117 Å². The third kappa shape index (κ3) is 4.05. The number of carbonyl (C=O) groups excluding carboxylic acids is 1. The van der Waals surface area contributed by atoms with Crippen molar-refractivity contribution >= 4 is 22.0 Å². The van der Waals surface area contributed by atoms with Crippen molar-refractivity contribution in [2.45, 2.75) is 13.0 Å². The van der Waals surface area contributed by atoms with Gasteiger partial charge in [-0.25, -0.2) is 17.9 Å². The molecule has 4 N–H and O–H groups in total. The Hall–Kier alpha value is -1.39. The van der Waals surface area contributed by atoms with Crippen LogP contribution in [-0.2, 0) is 19.6 Å². The summed E-state index contributed by atoms with van der Waals surface area (Å²) in [6.45, 7) is 1.53. The van der Waals surface area contributed by atoms with Gasteiger partial charge in [0.1, 0.15) is 5.41 Å². The number of carboxylic acids is 1. The van der Waals surface area contributed by atoms with Crippen molar-refractivity contribution in [3.63, 3.8) is 0 Å². The zero-order valence-electron chi connectivity index (χ0n) is 11.3. The summed E-state index contributed by atoms with van der Waals surface area (Å²) in [6.07, 6.45) is 0. The number of aliphatic carboxylic acids is 1. The molecule has 0 aliphatic carbocycles. The highest BCUT2D eigenvalue weighted by Crippen LogP contribution is 2.28. The highest BCUT2D eigenvalue weighted by atomic mass is 32.2. The van der Waals surface area contributed by atoms with E-state index in [0.717, 1.165) is 0 Å². The maximum Gasteiger partial charge on any atom is 0.315 e. The average molecular weight is 309 g/mol. The molecule has 2 atom stereocenters. The molecule has 1 heterocycles. The first-order valence-corrected chi connectivity index (χ1v) is 7.63. The van der Waals surface area contributed by atoms with Gasteiger partial charge in [-0.05, 0) is 14.0 Å². The van der Waals surface area contributed by atoms with E-state index in [2.05, 4.69) is 15.4 Å². The van der Waals surface area contributed by atoms with E-state index < -0.39 is 33.5 Å². The minimum Gasteiger partial charge on any atom is -0.481 e. The number of rotatable bonds is 6. The monoisotopic (exact) mass is 309 g/mol. The Balaban J connectivity index is 2.45. The van der Waals surface area contributed by atoms with Crippen LogP contribution in [-0.4, -0.2) is 64.1 Å². The Bertz CT molecular complexity index is 479. The van der Waals surface area contributed by atoms with Gasteiger partial charge in [-0.2, -0.15) is 0 Å². The summed E-state index contributed by atoms with van der Waals surface area (Å²) >= 11 is 0. The van der Waals surface area contributed by atoms with Gasteiger partial charge in [0.25, 0.3) is 0 Å². The van der Waals surface area contributed by atoms with Gasteiger partial charge in [0, 0.05) is 6.54 Å². The Morgan fingerprint density at radius 1 is 1.45 bits per heavy atom. The predicted molar refractivity (Wildman–Crippen MR) is 69.7 cm³/mol. The molecule has 20 heavy (non-hydrogen) atoms. The summed E-state index contributed by atoms with van der Waals surface area (Å²) in [5.74, 6) is -1.31. The van der Waals surface area contributed by atoms with Crippen LogP contribution >= 0.6 is 0 Å². The summed E-state index contributed by atoms with van der Waals surface area (Å²) in [5.41, 5.74) is -1.19. The summed E-state index contributed by atoms with van der Waals surface area (Å²) < 4.78 is 29.5. The molecule has 0 aromatic rings. The molecule has 9 nitrogen and oxygen atoms in total. The summed E-state index contributed by atoms with van der Waals surface area (Å²) in [7, 11) is -2.11. The van der Waals surface area contributed by atoms with Gasteiger partial charge in [-0.15, -0.1) is 0 Å². The van der Waals surface area contributed by atoms with Crippen LogP contribution in [0.15, 0.2) is 0 Å². The predicted octanol–water partition coefficient (Wildman–Crippen LogP) is -1.68. The lowest BCUT2D eigenvalue weighted by molar-refractivity contribution is -0.148. The number of hydrogen-bond donors (Lipinski definition) is 4. The van der Waals surface area contributed by atoms with Crippen LogP contribution in [0.25, 0.3) is 0 Å². The van der Waals surface area contributed by atoms with Crippen LogP contribution in [0.1, 0.15) is 6.92 Å². The van der Waals surface area contributed by atoms with E-state index in [1.165, 1.54) is 14.0 Å². The van der Waals surface area contributed by atoms with Crippen LogP contribution in [0.4, 0.5) is 4.79 Å². The average Bonchev–Trinajstić information content (AvgIpc) is 2.72. The number of carbonyl (C=O) groups is 2. The topological polar surface area (TPSA) is 134 Å². The Kier molecular flexibility index (Phi) is 5.31. The van der Waals surface area contributed by atoms with Crippen molar-refractivity contribution in [1.29, 1.82) is 0 Å². The van der Waals surface area contributed by atoms with Gasteiger partial charge in [-0.1, -0.05) is 0 Å². The van der Waals surface area contributed by atoms with Crippen LogP contribution in [0.5, 0.6) is 0 Å². The molecule has 1 saturated heterocycles. The second-order valence-electron chi connectivity index (χ2n) is 4.71. The van der Waals surface area contributed by atoms with E-state index >= 15 is 0 Å². The van der Waals surface area contributed by atoms with Crippen LogP contribution < -0.4 is 15.4 Å². The van der Waals surface area contributed by atoms with E-state index in [9.17, 15) is 18.0 Å². The number of nitrogens with one attached hydrogen (secondary N) is 3. The van der Waals surface area contributed by atoms with E-state index in [1.807, 2.05) is 0 Å². The summed E-state index contributed by atoms with van der Waals surface area (Å²) in [5, 5.41) is 14.0. The third-order valence-electron chi connectivity index (χ3n) is 3.22. The maximum atomic E-state index is 11.6. The highest BCUT2D eigenvalue weighted by Gasteiger charge is 2.47. The molecule has 0 radical (unpaired) electrons. The first-order chi connectivity index (χ1) is 9.21. The normalized spacial score (nSPS) is 26.2. The molecule has 10 heteroatoms. The first kappa shape index (κ1) is 16.7. The highest BCUT2D eigenvalue weighted by molar-refractivity contribution is 7.89. The molecule has 1 fully saturated rings. The molecule has 1 aliphatic heterocycles. The molecular weight excluding hydrogens is 290 g/mol. The fourth-order valence-electron chi connectivity index (χ4n) is 1.70. The lowest BCUT2D eigenvalue weighted by Gasteiger charge is -2.25. The number of urea groups is 1. The van der Waals surface area contributed by atoms with Gasteiger partial charge in [0.15, 0.2) is 0 Å². The minimum absolute atomic E-state index is 0.0153. The van der Waals surface area contributed by atoms with Gasteiger partial charge in [0.05, 0.1) is 25.0 Å². The molecule has 0 aromatic heterocycles. The second-order valence-corrected chi connectivity index (χ2v) is 6.76. The minimum atomic E-state index is -3.39. The van der Waals surface area contributed by atoms with Crippen LogP contribution in [0.2, 0.25) is 0 Å². The molecule has 1 aliphatic rings. The van der Waals surface area contributed by atoms with Crippen molar-refractivity contribution in [2.24, 2.45) is 5.41 Å². The van der Waals surface area contributed by atoms with E-state index in [1.54, 1.807) is 0 Å². The molecular formula is C10H19N3O6S. The zero-order chi connectivity index (χ0) is 15.4. The number of carboxylic acid groups (broad SMARTS) is 1. The SMILES string of the molecule is CNS(=O)(=O)CCNC(=O)NC1COCC1(C)C(=O)O. The van der Waals surface area contributed by atoms with E-state index in [4.69, 9.17) is 9.84 Å². The Morgan fingerprint density at radius 3 is 2.65 bits per heavy atom.